The molecule has 2 aliphatic rings. The van der Waals surface area contributed by atoms with Crippen molar-refractivity contribution in [3.05, 3.63) is 0 Å². The molecule has 0 aliphatic carbocycles. The van der Waals surface area contributed by atoms with Gasteiger partial charge >= 0.3 is 0 Å². The predicted octanol–water partition coefficient (Wildman–Crippen LogP) is 2.51. The van der Waals surface area contributed by atoms with Crippen LogP contribution in [0.2, 0.25) is 0 Å². The van der Waals surface area contributed by atoms with Gasteiger partial charge in [0.05, 0.1) is 6.04 Å². The summed E-state index contributed by atoms with van der Waals surface area (Å²) in [4.78, 5) is 17.3. The van der Waals surface area contributed by atoms with Crippen LogP contribution in [0.1, 0.15) is 54.4 Å². The van der Waals surface area contributed by atoms with Crippen LogP contribution in [0.25, 0.3) is 0 Å². The maximum absolute atomic E-state index is 12.8. The van der Waals surface area contributed by atoms with E-state index in [-0.39, 0.29) is 17.1 Å². The topological polar surface area (TPSA) is 23.6 Å². The van der Waals surface area contributed by atoms with Crippen molar-refractivity contribution in [3.63, 3.8) is 0 Å². The van der Waals surface area contributed by atoms with E-state index in [0.29, 0.717) is 11.8 Å². The fraction of sp³-hybridized carbons (Fsp3) is 0.933. The minimum atomic E-state index is -0.0474. The van der Waals surface area contributed by atoms with Crippen LogP contribution in [0, 0.1) is 5.92 Å². The normalized spacial score (nSPS) is 30.8. The van der Waals surface area contributed by atoms with E-state index in [1.54, 1.807) is 0 Å². The zero-order valence-corrected chi connectivity index (χ0v) is 12.8. The van der Waals surface area contributed by atoms with E-state index in [0.717, 1.165) is 13.1 Å². The maximum Gasteiger partial charge on any atom is 0.240 e. The lowest BCUT2D eigenvalue weighted by molar-refractivity contribution is -0.148. The van der Waals surface area contributed by atoms with Crippen LogP contribution >= 0.6 is 0 Å². The Labute approximate surface area is 112 Å². The summed E-state index contributed by atoms with van der Waals surface area (Å²) in [6, 6.07) is 0.123. The number of carbonyl (C=O) groups excluding carboxylic acids is 1. The second-order valence-corrected chi connectivity index (χ2v) is 7.81. The highest BCUT2D eigenvalue weighted by Crippen LogP contribution is 2.38. The molecule has 104 valence electrons. The number of nitrogens with zero attached hydrogens (tertiary/aromatic N) is 2. The van der Waals surface area contributed by atoms with Gasteiger partial charge in [-0.3, -0.25) is 9.69 Å². The second kappa shape index (κ2) is 4.22. The Bertz CT molecular complexity index is 337. The van der Waals surface area contributed by atoms with Gasteiger partial charge in [-0.1, -0.05) is 0 Å². The lowest BCUT2D eigenvalue weighted by Crippen LogP contribution is -2.61. The van der Waals surface area contributed by atoms with E-state index in [1.807, 2.05) is 0 Å². The van der Waals surface area contributed by atoms with Gasteiger partial charge in [-0.25, -0.2) is 0 Å². The van der Waals surface area contributed by atoms with Gasteiger partial charge < -0.3 is 4.90 Å². The van der Waals surface area contributed by atoms with E-state index >= 15 is 0 Å². The maximum atomic E-state index is 12.8. The monoisotopic (exact) mass is 252 g/mol. The van der Waals surface area contributed by atoms with Crippen molar-refractivity contribution in [2.24, 2.45) is 5.92 Å². The molecule has 0 N–H and O–H groups in total. The molecule has 2 unspecified atom stereocenters. The average molecular weight is 252 g/mol. The second-order valence-electron chi connectivity index (χ2n) is 7.81. The summed E-state index contributed by atoms with van der Waals surface area (Å²) in [5.41, 5.74) is 0.0458. The van der Waals surface area contributed by atoms with E-state index in [9.17, 15) is 4.79 Å². The van der Waals surface area contributed by atoms with Gasteiger partial charge in [0.1, 0.15) is 0 Å². The van der Waals surface area contributed by atoms with Crippen LogP contribution in [0.5, 0.6) is 0 Å². The third-order valence-electron chi connectivity index (χ3n) is 4.44. The molecule has 2 aliphatic heterocycles. The minimum Gasteiger partial charge on any atom is -0.336 e. The molecule has 2 heterocycles. The van der Waals surface area contributed by atoms with Crippen LogP contribution < -0.4 is 0 Å². The van der Waals surface area contributed by atoms with Crippen LogP contribution in [-0.2, 0) is 4.79 Å². The number of carbonyl (C=O) groups is 1. The summed E-state index contributed by atoms with van der Waals surface area (Å²) in [7, 11) is 0. The zero-order chi connectivity index (χ0) is 13.7. The molecule has 3 heteroatoms. The van der Waals surface area contributed by atoms with Crippen LogP contribution in [0.4, 0.5) is 0 Å². The molecule has 2 rings (SSSR count). The molecule has 0 aromatic carbocycles. The fourth-order valence-corrected chi connectivity index (χ4v) is 3.48. The van der Waals surface area contributed by atoms with Crippen molar-refractivity contribution in [3.8, 4) is 0 Å². The summed E-state index contributed by atoms with van der Waals surface area (Å²) in [5.74, 6) is 0.932. The smallest absolute Gasteiger partial charge is 0.240 e. The molecular weight excluding hydrogens is 224 g/mol. The SMILES string of the molecule is CC(C)(C)N1CCC2CCN(C(C)(C)C)C2C1=O. The quantitative estimate of drug-likeness (QED) is 0.661. The van der Waals surface area contributed by atoms with Gasteiger partial charge in [0, 0.05) is 17.6 Å². The summed E-state index contributed by atoms with van der Waals surface area (Å²) in [6.45, 7) is 15.1. The highest BCUT2D eigenvalue weighted by atomic mass is 16.2. The number of fused-ring (bicyclic) bond motifs is 1. The molecule has 18 heavy (non-hydrogen) atoms. The Hall–Kier alpha value is -0.570. The summed E-state index contributed by atoms with van der Waals surface area (Å²) < 4.78 is 0. The third-order valence-corrected chi connectivity index (χ3v) is 4.44. The molecule has 0 aromatic heterocycles. The highest BCUT2D eigenvalue weighted by molar-refractivity contribution is 5.84. The summed E-state index contributed by atoms with van der Waals surface area (Å²) in [5, 5.41) is 0. The fourth-order valence-electron chi connectivity index (χ4n) is 3.48. The highest BCUT2D eigenvalue weighted by Gasteiger charge is 2.49. The third kappa shape index (κ3) is 2.29. The Kier molecular flexibility index (Phi) is 3.25. The van der Waals surface area contributed by atoms with Crippen molar-refractivity contribution in [1.29, 1.82) is 0 Å². The van der Waals surface area contributed by atoms with Crippen LogP contribution in [0.3, 0.4) is 0 Å². The Morgan fingerprint density at radius 2 is 1.50 bits per heavy atom. The standard InChI is InChI=1S/C15H28N2O/c1-14(2,3)16-9-7-11-8-10-17(15(4,5)6)13(18)12(11)16/h11-12H,7-10H2,1-6H3. The van der Waals surface area contributed by atoms with E-state index < -0.39 is 0 Å². The number of rotatable bonds is 0. The lowest BCUT2D eigenvalue weighted by Gasteiger charge is -2.47. The number of amides is 1. The largest absolute Gasteiger partial charge is 0.336 e. The van der Waals surface area contributed by atoms with Gasteiger partial charge in [0.2, 0.25) is 5.91 Å². The Morgan fingerprint density at radius 3 is 2.00 bits per heavy atom. The molecular formula is C15H28N2O. The number of hydrogen-bond donors (Lipinski definition) is 0. The minimum absolute atomic E-state index is 0.0474. The van der Waals surface area contributed by atoms with Gasteiger partial charge in [-0.15, -0.1) is 0 Å². The molecule has 0 aromatic rings. The molecule has 0 saturated carbocycles. The first-order chi connectivity index (χ1) is 8.12. The zero-order valence-electron chi connectivity index (χ0n) is 12.8. The molecule has 0 bridgehead atoms. The van der Waals surface area contributed by atoms with Crippen LogP contribution in [-0.4, -0.2) is 45.9 Å². The van der Waals surface area contributed by atoms with Crippen molar-refractivity contribution in [2.75, 3.05) is 13.1 Å². The van der Waals surface area contributed by atoms with E-state index in [2.05, 4.69) is 51.3 Å². The van der Waals surface area contributed by atoms with E-state index in [4.69, 9.17) is 0 Å². The summed E-state index contributed by atoms with van der Waals surface area (Å²) >= 11 is 0. The van der Waals surface area contributed by atoms with Crippen molar-refractivity contribution >= 4 is 5.91 Å². The molecule has 0 spiro atoms. The molecule has 1 amide bonds. The molecule has 2 fully saturated rings. The Morgan fingerprint density at radius 1 is 0.944 bits per heavy atom. The summed E-state index contributed by atoms with van der Waals surface area (Å²) in [6.07, 6.45) is 2.35. The average Bonchev–Trinajstić information content (AvgIpc) is 2.59. The van der Waals surface area contributed by atoms with Gasteiger partial charge in [0.15, 0.2) is 0 Å². The van der Waals surface area contributed by atoms with E-state index in [1.165, 1.54) is 12.8 Å². The van der Waals surface area contributed by atoms with Crippen molar-refractivity contribution in [1.82, 2.24) is 9.80 Å². The molecule has 3 nitrogen and oxygen atoms in total. The van der Waals surface area contributed by atoms with Crippen molar-refractivity contribution < 1.29 is 4.79 Å². The first kappa shape index (κ1) is 13.9. The van der Waals surface area contributed by atoms with Gasteiger partial charge in [0.25, 0.3) is 0 Å². The first-order valence-corrected chi connectivity index (χ1v) is 7.20. The molecule has 0 radical (unpaired) electrons. The lowest BCUT2D eigenvalue weighted by atomic mass is 9.87. The van der Waals surface area contributed by atoms with Crippen molar-refractivity contribution in [2.45, 2.75) is 71.5 Å². The first-order valence-electron chi connectivity index (χ1n) is 7.20. The van der Waals surface area contributed by atoms with Gasteiger partial charge in [-0.2, -0.15) is 0 Å². The predicted molar refractivity (Wildman–Crippen MR) is 74.4 cm³/mol. The Balaban J connectivity index is 2.24. The van der Waals surface area contributed by atoms with Crippen LogP contribution in [0.15, 0.2) is 0 Å². The molecule has 2 saturated heterocycles. The number of piperidine rings is 1. The number of likely N-dealkylation sites (tertiary alicyclic amines) is 2. The molecule has 2 atom stereocenters. The number of hydrogen-bond acceptors (Lipinski definition) is 2. The van der Waals surface area contributed by atoms with Gasteiger partial charge in [-0.05, 0) is 66.8 Å².